The zero-order valence-corrected chi connectivity index (χ0v) is 74.3. The Hall–Kier alpha value is -15.2. The molecule has 1 aliphatic carbocycles. The van der Waals surface area contributed by atoms with Gasteiger partial charge in [-0.2, -0.15) is 15.0 Å². The Bertz CT molecular complexity index is 7400. The molecule has 6 aromatic carbocycles. The number of aromatic nitrogens is 15. The fourth-order valence-electron chi connectivity index (χ4n) is 19.4. The quantitative estimate of drug-likeness (QED) is 0.0874. The Morgan fingerprint density at radius 3 is 1.37 bits per heavy atom. The third-order valence-electron chi connectivity index (χ3n) is 26.7. The SMILES string of the molecule is CC(=O)N1CCCC=CCn2c(=O)c3cnc(Nc4ccc5c(ccn5C5CCN(C)CC5)c4)nc3n2-c2cccc1c2.COC(=O)N1CCC(n2ccc3cc(Nc4ncc5c(=O)n6n(c5n4)-c4ccc5c(c4)N(CCCC=CC6)C(=O)CO5)ccc32)CC1.NC1(CCn2ccc3cc(Nc4ncc5c(=O)n6n(c5n4)-c4ccc5c(c4)N(CCCC=CC6)C(=O)CO5)ccc32)CC1. The van der Waals surface area contributed by atoms with Crippen molar-refractivity contribution in [2.45, 2.75) is 134 Å². The highest BCUT2D eigenvalue weighted by Crippen LogP contribution is 2.41. The second-order valence-electron chi connectivity index (χ2n) is 35.4. The van der Waals surface area contributed by atoms with Crippen molar-refractivity contribution in [3.63, 3.8) is 0 Å². The number of anilines is 9. The van der Waals surface area contributed by atoms with Crippen molar-refractivity contribution in [2.24, 2.45) is 5.73 Å². The van der Waals surface area contributed by atoms with Crippen LogP contribution in [0.2, 0.25) is 0 Å². The molecule has 2 saturated heterocycles. The Morgan fingerprint density at radius 1 is 0.481 bits per heavy atom. The molecule has 15 aromatic rings. The summed E-state index contributed by atoms with van der Waals surface area (Å²) < 4.78 is 33.7. The van der Waals surface area contributed by atoms with E-state index in [1.54, 1.807) is 68.5 Å². The summed E-state index contributed by atoms with van der Waals surface area (Å²) in [7, 11) is 3.60. The van der Waals surface area contributed by atoms with E-state index in [0.717, 1.165) is 159 Å². The fraction of sp³-hybridized carbons (Fsp3) is 0.323. The Kier molecular flexibility index (Phi) is 22.6. The molecular formula is C99H102N24O10. The highest BCUT2D eigenvalue weighted by Gasteiger charge is 2.38. The van der Waals surface area contributed by atoms with Gasteiger partial charge in [0.1, 0.15) is 27.7 Å². The van der Waals surface area contributed by atoms with Crippen LogP contribution in [0, 0.1) is 0 Å². The lowest BCUT2D eigenvalue weighted by Gasteiger charge is -2.32. The number of allylic oxidation sites excluding steroid dienone is 6. The summed E-state index contributed by atoms with van der Waals surface area (Å²) in [6, 6.07) is 44.8. The molecule has 7 aliphatic heterocycles. The molecule has 4 amide bonds. The second kappa shape index (κ2) is 35.6. The van der Waals surface area contributed by atoms with Crippen LogP contribution in [-0.2, 0) is 45.3 Å². The van der Waals surface area contributed by atoms with E-state index >= 15 is 0 Å². The maximum absolute atomic E-state index is 13.6. The van der Waals surface area contributed by atoms with Crippen LogP contribution in [-0.4, -0.2) is 184 Å². The number of likely N-dealkylation sites (tertiary alicyclic amines) is 2. The lowest BCUT2D eigenvalue weighted by atomic mass is 10.0. The van der Waals surface area contributed by atoms with Crippen LogP contribution < -0.4 is 62.5 Å². The van der Waals surface area contributed by atoms with E-state index in [1.165, 1.54) is 12.6 Å². The molecule has 16 heterocycles. The van der Waals surface area contributed by atoms with E-state index in [9.17, 15) is 33.6 Å². The topological polar surface area (TPSA) is 347 Å². The molecule has 34 heteroatoms. The Balaban J connectivity index is 0.000000120. The standard InChI is InChI=1S/C34H34N8O5.C33H36N8O2.C32H32N8O3/c1-46-34(45)38-15-11-24(12-16-38)39-17-10-22-18-23(6-8-27(22)39)36-33-35-20-26-31(37-33)42-25-7-9-29-28(19-25)40(30(43)21-47-29)13-4-2-3-5-14-41(42)32(26)44;1-23(42)38-15-5-3-4-6-16-40-32(43)29-22-34-33(36-31(29)41(40)28-9-7-8-27(38)21-28)35-25-10-11-30-24(20-25)12-19-39(30)26-13-17-37(2)18-14-26;33-32(10-11-32)12-16-37-15-9-21-17-22(5-7-25(21)37)35-31-34-19-24-29(36-31)40-23-6-8-27-26(18-23)38(28(41)20-43-27)13-3-1-2-4-14-39(40)30(24)42/h3,5-10,17-20,24H,2,4,11-16,21H2,1H3,(H,35,36,37);4,6-12,19-22,26H,3,5,13-18H2,1-2H3,(H,34,35,36);2,4-9,15,17-19H,1,3,10-14,16,20,33H2,(H,34,35,36). The number of nitrogens with one attached hydrogen (secondary N) is 3. The number of aryl methyl sites for hydroxylation is 1. The van der Waals surface area contributed by atoms with Crippen LogP contribution in [0.3, 0.4) is 0 Å². The van der Waals surface area contributed by atoms with E-state index in [1.807, 2.05) is 102 Å². The van der Waals surface area contributed by atoms with E-state index < -0.39 is 0 Å². The minimum absolute atomic E-state index is 0.00842. The third-order valence-corrected chi connectivity index (χ3v) is 26.7. The average Bonchev–Trinajstić information content (AvgIpc) is 1.60. The number of piperidine rings is 2. The number of carbonyl (C=O) groups is 4. The molecule has 6 bridgehead atoms. The van der Waals surface area contributed by atoms with E-state index in [4.69, 9.17) is 34.9 Å². The Morgan fingerprint density at radius 2 is 0.910 bits per heavy atom. The van der Waals surface area contributed by atoms with Crippen molar-refractivity contribution in [2.75, 3.05) is 104 Å². The van der Waals surface area contributed by atoms with E-state index in [0.29, 0.717) is 150 Å². The molecule has 34 nitrogen and oxygen atoms in total. The van der Waals surface area contributed by atoms with Crippen molar-refractivity contribution in [3.8, 4) is 28.6 Å². The summed E-state index contributed by atoms with van der Waals surface area (Å²) >= 11 is 0. The summed E-state index contributed by atoms with van der Waals surface area (Å²) in [6.45, 7) is 9.04. The van der Waals surface area contributed by atoms with Crippen molar-refractivity contribution >= 4 is 142 Å². The molecule has 1 saturated carbocycles. The molecule has 5 N–H and O–H groups in total. The number of nitrogens with two attached hydrogens (primary N) is 1. The molecule has 133 heavy (non-hydrogen) atoms. The monoisotopic (exact) mass is 1790 g/mol. The molecule has 0 spiro atoms. The van der Waals surface area contributed by atoms with Gasteiger partial charge < -0.3 is 74.1 Å². The molecule has 23 rings (SSSR count). The molecule has 0 unspecified atom stereocenters. The summed E-state index contributed by atoms with van der Waals surface area (Å²) in [5.41, 5.74) is 17.6. The first-order chi connectivity index (χ1) is 64.9. The van der Waals surface area contributed by atoms with Gasteiger partial charge in [0.15, 0.2) is 30.2 Å². The summed E-state index contributed by atoms with van der Waals surface area (Å²) in [5, 5.41) is 14.6. The number of ether oxygens (including phenoxy) is 3. The number of carbonyl (C=O) groups excluding carboxylic acids is 4. The number of nitrogens with zero attached hydrogens (tertiary/aromatic N) is 20. The van der Waals surface area contributed by atoms with Crippen molar-refractivity contribution in [3.05, 3.63) is 238 Å². The summed E-state index contributed by atoms with van der Waals surface area (Å²) in [4.78, 5) is 128. The molecule has 0 atom stereocenters. The van der Waals surface area contributed by atoms with Gasteiger partial charge in [-0.1, -0.05) is 42.5 Å². The lowest BCUT2D eigenvalue weighted by molar-refractivity contribution is -0.122. The number of amides is 4. The number of rotatable bonds is 11. The highest BCUT2D eigenvalue weighted by molar-refractivity contribution is 6.00. The molecule has 8 aliphatic rings. The first-order valence-electron chi connectivity index (χ1n) is 45.8. The minimum Gasteiger partial charge on any atom is -0.482 e. The number of hydrogen-bond donors (Lipinski definition) is 4. The van der Waals surface area contributed by atoms with Crippen molar-refractivity contribution in [1.82, 2.24) is 81.5 Å². The lowest BCUT2D eigenvalue weighted by Crippen LogP contribution is -2.39. The molecule has 0 radical (unpaired) electrons. The van der Waals surface area contributed by atoms with Gasteiger partial charge in [0.25, 0.3) is 28.5 Å². The first kappa shape index (κ1) is 84.6. The molecule has 678 valence electrons. The zero-order chi connectivity index (χ0) is 90.7. The third kappa shape index (κ3) is 16.7. The predicted molar refractivity (Wildman–Crippen MR) is 513 cm³/mol. The Labute approximate surface area is 762 Å². The van der Waals surface area contributed by atoms with Gasteiger partial charge in [-0.05, 0) is 231 Å². The van der Waals surface area contributed by atoms with Gasteiger partial charge in [0.05, 0.1) is 55.2 Å². The van der Waals surface area contributed by atoms with Gasteiger partial charge in [-0.15, -0.1) is 0 Å². The maximum atomic E-state index is 13.6. The smallest absolute Gasteiger partial charge is 0.409 e. The van der Waals surface area contributed by atoms with Crippen LogP contribution in [0.1, 0.15) is 102 Å². The van der Waals surface area contributed by atoms with E-state index in [-0.39, 0.29) is 59.2 Å². The molecule has 3 fully saturated rings. The highest BCUT2D eigenvalue weighted by atomic mass is 16.5. The second-order valence-corrected chi connectivity index (χ2v) is 35.4. The first-order valence-corrected chi connectivity index (χ1v) is 45.8. The maximum Gasteiger partial charge on any atom is 0.409 e. The normalized spacial score (nSPS) is 16.9. The largest absolute Gasteiger partial charge is 0.482 e. The van der Waals surface area contributed by atoms with Gasteiger partial charge in [0, 0.05) is 156 Å². The van der Waals surface area contributed by atoms with Crippen LogP contribution in [0.4, 0.5) is 56.8 Å². The zero-order valence-electron chi connectivity index (χ0n) is 74.3. The van der Waals surface area contributed by atoms with Gasteiger partial charge >= 0.3 is 6.09 Å². The number of methoxy groups -OCH3 is 1. The molecular weight excluding hydrogens is 1690 g/mol. The van der Waals surface area contributed by atoms with Gasteiger partial charge in [-0.25, -0.2) is 47.8 Å². The minimum atomic E-state index is -0.275. The predicted octanol–water partition coefficient (Wildman–Crippen LogP) is 14.2. The number of fused-ring (bicyclic) bond motifs is 19. The number of hydrogen-bond acceptors (Lipinski definition) is 21. The van der Waals surface area contributed by atoms with Crippen LogP contribution in [0.15, 0.2) is 221 Å². The summed E-state index contributed by atoms with van der Waals surface area (Å²) in [6.07, 6.45) is 35.1. The fourth-order valence-corrected chi connectivity index (χ4v) is 19.4. The van der Waals surface area contributed by atoms with Gasteiger partial charge in [-0.3, -0.25) is 28.8 Å². The number of benzene rings is 6. The summed E-state index contributed by atoms with van der Waals surface area (Å²) in [5.74, 6) is 2.25. The van der Waals surface area contributed by atoms with Crippen LogP contribution in [0.25, 0.3) is 82.9 Å². The molecule has 9 aromatic heterocycles. The van der Waals surface area contributed by atoms with E-state index in [2.05, 4.69) is 148 Å². The van der Waals surface area contributed by atoms with Crippen LogP contribution in [0.5, 0.6) is 11.5 Å². The van der Waals surface area contributed by atoms with Gasteiger partial charge in [0.2, 0.25) is 23.8 Å². The average molecular weight is 1790 g/mol. The van der Waals surface area contributed by atoms with Crippen molar-refractivity contribution in [1.29, 1.82) is 0 Å². The van der Waals surface area contributed by atoms with Crippen LogP contribution >= 0.6 is 0 Å². The van der Waals surface area contributed by atoms with Crippen molar-refractivity contribution < 1.29 is 33.4 Å².